The standard InChI is InChI=1S/C30H35N3O5/c1-18(2)30(16-29(3,17-30)27(34)32-19-6-7-19)28(35)33-20-8-10-21(11-9-20)38-24-12-13-31-23-15-26(37-5)25(36-4)14-22(23)24/h8-15,18-19H,6-7,16-17H2,1-5H3,(H,32,34)(H,33,35). The third kappa shape index (κ3) is 4.75. The molecular weight excluding hydrogens is 482 g/mol. The number of carbonyl (C=O) groups is 2. The highest BCUT2D eigenvalue weighted by atomic mass is 16.5. The van der Waals surface area contributed by atoms with E-state index in [9.17, 15) is 9.59 Å². The molecule has 1 heterocycles. The average Bonchev–Trinajstić information content (AvgIpc) is 3.70. The lowest BCUT2D eigenvalue weighted by molar-refractivity contribution is -0.158. The van der Waals surface area contributed by atoms with Crippen molar-refractivity contribution in [1.29, 1.82) is 0 Å². The lowest BCUT2D eigenvalue weighted by atomic mass is 9.49. The number of hydrogen-bond donors (Lipinski definition) is 2. The number of methoxy groups -OCH3 is 2. The van der Waals surface area contributed by atoms with E-state index in [2.05, 4.69) is 29.5 Å². The summed E-state index contributed by atoms with van der Waals surface area (Å²) < 4.78 is 17.0. The summed E-state index contributed by atoms with van der Waals surface area (Å²) in [5.41, 5.74) is 0.341. The lowest BCUT2D eigenvalue weighted by Crippen LogP contribution is -2.60. The Morgan fingerprint density at radius 1 is 0.947 bits per heavy atom. The van der Waals surface area contributed by atoms with Crippen LogP contribution in [0.3, 0.4) is 0 Å². The highest BCUT2D eigenvalue weighted by Crippen LogP contribution is 2.59. The van der Waals surface area contributed by atoms with E-state index in [1.165, 1.54) is 0 Å². The first-order chi connectivity index (χ1) is 18.2. The van der Waals surface area contributed by atoms with Crippen LogP contribution >= 0.6 is 0 Å². The van der Waals surface area contributed by atoms with Crippen LogP contribution in [0.1, 0.15) is 46.5 Å². The molecule has 3 aromatic rings. The second-order valence-electron chi connectivity index (χ2n) is 11.1. The molecule has 8 nitrogen and oxygen atoms in total. The van der Waals surface area contributed by atoms with Crippen LogP contribution in [0.15, 0.2) is 48.7 Å². The SMILES string of the molecule is COc1cc2nccc(Oc3ccc(NC(=O)C4(C(C)C)CC(C)(C(=O)NC5CC5)C4)cc3)c2cc1OC. The van der Waals surface area contributed by atoms with Crippen molar-refractivity contribution in [2.45, 2.75) is 52.5 Å². The number of ether oxygens (including phenoxy) is 3. The lowest BCUT2D eigenvalue weighted by Gasteiger charge is -2.54. The molecular formula is C30H35N3O5. The third-order valence-electron chi connectivity index (χ3n) is 7.98. The van der Waals surface area contributed by atoms with E-state index in [1.807, 2.05) is 43.3 Å². The van der Waals surface area contributed by atoms with E-state index >= 15 is 0 Å². The van der Waals surface area contributed by atoms with Gasteiger partial charge in [0, 0.05) is 34.8 Å². The van der Waals surface area contributed by atoms with Gasteiger partial charge < -0.3 is 24.8 Å². The van der Waals surface area contributed by atoms with Gasteiger partial charge in [0.1, 0.15) is 11.5 Å². The van der Waals surface area contributed by atoms with Crippen molar-refractivity contribution in [3.63, 3.8) is 0 Å². The third-order valence-corrected chi connectivity index (χ3v) is 7.98. The predicted octanol–water partition coefficient (Wildman–Crippen LogP) is 5.70. The molecule has 0 unspecified atom stereocenters. The Morgan fingerprint density at radius 2 is 1.61 bits per heavy atom. The summed E-state index contributed by atoms with van der Waals surface area (Å²) >= 11 is 0. The topological polar surface area (TPSA) is 98.8 Å². The van der Waals surface area contributed by atoms with Crippen molar-refractivity contribution in [3.05, 3.63) is 48.7 Å². The molecule has 0 saturated heterocycles. The fraction of sp³-hybridized carbons (Fsp3) is 0.433. The molecule has 2 saturated carbocycles. The van der Waals surface area contributed by atoms with E-state index in [0.717, 1.165) is 23.7 Å². The van der Waals surface area contributed by atoms with Crippen LogP contribution in [0.4, 0.5) is 5.69 Å². The summed E-state index contributed by atoms with van der Waals surface area (Å²) in [5, 5.41) is 6.98. The van der Waals surface area contributed by atoms with Gasteiger partial charge in [-0.3, -0.25) is 14.6 Å². The van der Waals surface area contributed by atoms with Crippen LogP contribution in [0.2, 0.25) is 0 Å². The number of nitrogens with zero attached hydrogens (tertiary/aromatic N) is 1. The summed E-state index contributed by atoms with van der Waals surface area (Å²) in [7, 11) is 3.17. The van der Waals surface area contributed by atoms with Crippen LogP contribution in [0.5, 0.6) is 23.0 Å². The molecule has 1 aromatic heterocycles. The Kier molecular flexibility index (Phi) is 6.67. The molecule has 0 spiro atoms. The fourth-order valence-electron chi connectivity index (χ4n) is 5.44. The second kappa shape index (κ2) is 9.82. The summed E-state index contributed by atoms with van der Waals surface area (Å²) in [6.45, 7) is 6.08. The molecule has 38 heavy (non-hydrogen) atoms. The quantitative estimate of drug-likeness (QED) is 0.378. The zero-order valence-electron chi connectivity index (χ0n) is 22.6. The first-order valence-corrected chi connectivity index (χ1v) is 13.1. The molecule has 0 radical (unpaired) electrons. The van der Waals surface area contributed by atoms with Gasteiger partial charge in [-0.25, -0.2) is 0 Å². The van der Waals surface area contributed by atoms with Gasteiger partial charge in [-0.2, -0.15) is 0 Å². The van der Waals surface area contributed by atoms with Crippen molar-refractivity contribution in [1.82, 2.24) is 10.3 Å². The monoisotopic (exact) mass is 517 g/mol. The summed E-state index contributed by atoms with van der Waals surface area (Å²) in [5.74, 6) is 2.58. The Balaban J connectivity index is 1.28. The number of carbonyl (C=O) groups excluding carboxylic acids is 2. The Morgan fingerprint density at radius 3 is 2.21 bits per heavy atom. The number of aromatic nitrogens is 1. The Bertz CT molecular complexity index is 1360. The van der Waals surface area contributed by atoms with Crippen LogP contribution in [0.25, 0.3) is 10.9 Å². The maximum absolute atomic E-state index is 13.4. The van der Waals surface area contributed by atoms with E-state index in [4.69, 9.17) is 14.2 Å². The van der Waals surface area contributed by atoms with Gasteiger partial charge in [0.15, 0.2) is 11.5 Å². The molecule has 2 aliphatic carbocycles. The molecule has 8 heteroatoms. The zero-order chi connectivity index (χ0) is 27.1. The highest BCUT2D eigenvalue weighted by Gasteiger charge is 2.61. The minimum atomic E-state index is -0.569. The van der Waals surface area contributed by atoms with Gasteiger partial charge in [0.2, 0.25) is 11.8 Å². The van der Waals surface area contributed by atoms with E-state index < -0.39 is 10.8 Å². The molecule has 2 N–H and O–H groups in total. The molecule has 2 fully saturated rings. The summed E-state index contributed by atoms with van der Waals surface area (Å²) in [6.07, 6.45) is 4.88. The number of hydrogen-bond acceptors (Lipinski definition) is 6. The number of fused-ring (bicyclic) bond motifs is 1. The summed E-state index contributed by atoms with van der Waals surface area (Å²) in [6, 6.07) is 13.1. The normalized spacial score (nSPS) is 22.5. The van der Waals surface area contributed by atoms with Crippen molar-refractivity contribution in [2.24, 2.45) is 16.7 Å². The Hall–Kier alpha value is -3.81. The number of anilines is 1. The first kappa shape index (κ1) is 25.8. The van der Waals surface area contributed by atoms with Gasteiger partial charge in [-0.1, -0.05) is 20.8 Å². The first-order valence-electron chi connectivity index (χ1n) is 13.1. The van der Waals surface area contributed by atoms with Crippen LogP contribution in [-0.2, 0) is 9.59 Å². The molecule has 2 aliphatic rings. The second-order valence-corrected chi connectivity index (χ2v) is 11.1. The molecule has 2 aromatic carbocycles. The molecule has 0 aliphatic heterocycles. The van der Waals surface area contributed by atoms with Crippen LogP contribution in [0, 0.1) is 16.7 Å². The van der Waals surface area contributed by atoms with Gasteiger partial charge >= 0.3 is 0 Å². The maximum Gasteiger partial charge on any atom is 0.230 e. The minimum absolute atomic E-state index is 0.0426. The summed E-state index contributed by atoms with van der Waals surface area (Å²) in [4.78, 5) is 30.6. The number of rotatable bonds is 9. The van der Waals surface area contributed by atoms with Crippen molar-refractivity contribution in [3.8, 4) is 23.0 Å². The number of benzene rings is 2. The number of pyridine rings is 1. The van der Waals surface area contributed by atoms with Crippen molar-refractivity contribution < 1.29 is 23.8 Å². The van der Waals surface area contributed by atoms with Gasteiger partial charge in [-0.15, -0.1) is 0 Å². The zero-order valence-corrected chi connectivity index (χ0v) is 22.6. The fourth-order valence-corrected chi connectivity index (χ4v) is 5.44. The van der Waals surface area contributed by atoms with Crippen molar-refractivity contribution >= 4 is 28.4 Å². The van der Waals surface area contributed by atoms with Crippen molar-refractivity contribution in [2.75, 3.05) is 19.5 Å². The molecule has 2 amide bonds. The maximum atomic E-state index is 13.4. The van der Waals surface area contributed by atoms with Gasteiger partial charge in [-0.05, 0) is 68.0 Å². The van der Waals surface area contributed by atoms with Crippen LogP contribution in [-0.4, -0.2) is 37.1 Å². The Labute approximate surface area is 223 Å². The largest absolute Gasteiger partial charge is 0.493 e. The molecule has 5 rings (SSSR count). The van der Waals surface area contributed by atoms with Gasteiger partial charge in [0.25, 0.3) is 0 Å². The molecule has 200 valence electrons. The van der Waals surface area contributed by atoms with Crippen LogP contribution < -0.4 is 24.8 Å². The number of nitrogens with one attached hydrogen (secondary N) is 2. The average molecular weight is 518 g/mol. The molecule has 0 atom stereocenters. The number of amides is 2. The van der Waals surface area contributed by atoms with E-state index in [1.54, 1.807) is 26.5 Å². The smallest absolute Gasteiger partial charge is 0.230 e. The minimum Gasteiger partial charge on any atom is -0.493 e. The van der Waals surface area contributed by atoms with E-state index in [-0.39, 0.29) is 17.7 Å². The molecule has 0 bridgehead atoms. The van der Waals surface area contributed by atoms with E-state index in [0.29, 0.717) is 47.6 Å². The predicted molar refractivity (Wildman–Crippen MR) is 146 cm³/mol. The van der Waals surface area contributed by atoms with Gasteiger partial charge in [0.05, 0.1) is 25.2 Å². The highest BCUT2D eigenvalue weighted by molar-refractivity contribution is 5.99.